The zero-order valence-electron chi connectivity index (χ0n) is 17.9. The first-order valence-corrected chi connectivity index (χ1v) is 11.6. The van der Waals surface area contributed by atoms with Crippen LogP contribution in [0.3, 0.4) is 0 Å². The molecule has 34 heavy (non-hydrogen) atoms. The molecular formula is C26H23O7P. The van der Waals surface area contributed by atoms with Crippen LogP contribution >= 0.6 is 8.25 Å². The highest BCUT2D eigenvalue weighted by molar-refractivity contribution is 7.33. The summed E-state index contributed by atoms with van der Waals surface area (Å²) < 4.78 is 24.9. The van der Waals surface area contributed by atoms with E-state index in [4.69, 9.17) is 9.05 Å². The van der Waals surface area contributed by atoms with E-state index in [1.54, 1.807) is 48.5 Å². The standard InChI is InChI=1S/C26H23O7P/c27-21-9-1-17(2-10-21)25(18-3-11-22(28)12-4-18)32-34(31)33-26(19-5-13-23(29)14-6-19)20-7-15-24(30)16-8-20/h1-16,25-30,34H. The van der Waals surface area contributed by atoms with Crippen LogP contribution in [0.1, 0.15) is 34.5 Å². The minimum Gasteiger partial charge on any atom is -0.508 e. The van der Waals surface area contributed by atoms with Crippen molar-refractivity contribution in [1.82, 2.24) is 0 Å². The molecule has 7 nitrogen and oxygen atoms in total. The average molecular weight is 478 g/mol. The molecule has 0 radical (unpaired) electrons. The Hall–Kier alpha value is -3.77. The molecule has 0 heterocycles. The first-order valence-electron chi connectivity index (χ1n) is 10.4. The predicted octanol–water partition coefficient (Wildman–Crippen LogP) is 5.81. The Bertz CT molecular complexity index is 1050. The molecular weight excluding hydrogens is 455 g/mol. The Morgan fingerprint density at radius 2 is 0.647 bits per heavy atom. The van der Waals surface area contributed by atoms with Gasteiger partial charge >= 0.3 is 8.25 Å². The Morgan fingerprint density at radius 3 is 0.853 bits per heavy atom. The van der Waals surface area contributed by atoms with Gasteiger partial charge in [0.1, 0.15) is 35.2 Å². The van der Waals surface area contributed by atoms with Gasteiger partial charge in [-0.25, -0.2) is 0 Å². The topological polar surface area (TPSA) is 116 Å². The Kier molecular flexibility index (Phi) is 7.18. The van der Waals surface area contributed by atoms with Gasteiger partial charge in [0.2, 0.25) is 0 Å². The van der Waals surface area contributed by atoms with E-state index in [0.717, 1.165) is 0 Å². The Morgan fingerprint density at radius 1 is 0.441 bits per heavy atom. The summed E-state index contributed by atoms with van der Waals surface area (Å²) in [5, 5.41) is 38.6. The van der Waals surface area contributed by atoms with Crippen LogP contribution in [-0.4, -0.2) is 20.4 Å². The molecule has 0 spiro atoms. The second-order valence-electron chi connectivity index (χ2n) is 7.61. The van der Waals surface area contributed by atoms with Gasteiger partial charge in [-0.2, -0.15) is 0 Å². The summed E-state index contributed by atoms with van der Waals surface area (Å²) in [7, 11) is -3.12. The van der Waals surface area contributed by atoms with Crippen LogP contribution in [-0.2, 0) is 13.6 Å². The van der Waals surface area contributed by atoms with Gasteiger partial charge in [0.05, 0.1) is 0 Å². The lowest BCUT2D eigenvalue weighted by Crippen LogP contribution is -2.06. The fraction of sp³-hybridized carbons (Fsp3) is 0.0769. The van der Waals surface area contributed by atoms with E-state index < -0.39 is 20.5 Å². The number of aromatic hydroxyl groups is 4. The van der Waals surface area contributed by atoms with Crippen molar-refractivity contribution in [1.29, 1.82) is 0 Å². The predicted molar refractivity (Wildman–Crippen MR) is 127 cm³/mol. The van der Waals surface area contributed by atoms with Crippen molar-refractivity contribution in [2.45, 2.75) is 12.2 Å². The monoisotopic (exact) mass is 478 g/mol. The van der Waals surface area contributed by atoms with E-state index in [1.807, 2.05) is 0 Å². The van der Waals surface area contributed by atoms with Crippen LogP contribution in [0.4, 0.5) is 0 Å². The van der Waals surface area contributed by atoms with Gasteiger partial charge in [-0.3, -0.25) is 13.6 Å². The van der Waals surface area contributed by atoms with Crippen molar-refractivity contribution >= 4 is 8.25 Å². The summed E-state index contributed by atoms with van der Waals surface area (Å²) >= 11 is 0. The molecule has 174 valence electrons. The van der Waals surface area contributed by atoms with Crippen LogP contribution in [0.2, 0.25) is 0 Å². The Balaban J connectivity index is 1.63. The number of hydrogen-bond acceptors (Lipinski definition) is 7. The van der Waals surface area contributed by atoms with Gasteiger partial charge in [-0.15, -0.1) is 0 Å². The second kappa shape index (κ2) is 10.4. The molecule has 0 saturated carbocycles. The third-order valence-electron chi connectivity index (χ3n) is 5.21. The normalized spacial score (nSPS) is 11.4. The van der Waals surface area contributed by atoms with Crippen LogP contribution in [0.15, 0.2) is 97.1 Å². The van der Waals surface area contributed by atoms with Crippen LogP contribution in [0.5, 0.6) is 23.0 Å². The number of phenols is 4. The van der Waals surface area contributed by atoms with Crippen molar-refractivity contribution < 1.29 is 34.0 Å². The molecule has 4 rings (SSSR count). The molecule has 0 saturated heterocycles. The van der Waals surface area contributed by atoms with Crippen molar-refractivity contribution in [3.63, 3.8) is 0 Å². The van der Waals surface area contributed by atoms with E-state index >= 15 is 0 Å². The quantitative estimate of drug-likeness (QED) is 0.236. The summed E-state index contributed by atoms with van der Waals surface area (Å²) in [5.41, 5.74) is 2.54. The van der Waals surface area contributed by atoms with Crippen molar-refractivity contribution in [2.75, 3.05) is 0 Å². The molecule has 4 N–H and O–H groups in total. The maximum Gasteiger partial charge on any atom is 0.320 e. The summed E-state index contributed by atoms with van der Waals surface area (Å²) in [4.78, 5) is 0. The maximum atomic E-state index is 13.2. The number of benzene rings is 4. The third-order valence-corrected chi connectivity index (χ3v) is 6.07. The molecule has 4 aromatic rings. The van der Waals surface area contributed by atoms with Gasteiger partial charge in [0.15, 0.2) is 0 Å². The van der Waals surface area contributed by atoms with E-state index in [0.29, 0.717) is 22.3 Å². The van der Waals surface area contributed by atoms with Crippen LogP contribution in [0.25, 0.3) is 0 Å². The number of rotatable bonds is 8. The van der Waals surface area contributed by atoms with Gasteiger partial charge in [0.25, 0.3) is 0 Å². The second-order valence-corrected chi connectivity index (χ2v) is 8.58. The molecule has 0 aliphatic heterocycles. The summed E-state index contributed by atoms with van der Waals surface area (Å²) in [6.45, 7) is 0. The third kappa shape index (κ3) is 5.77. The minimum atomic E-state index is -3.12. The van der Waals surface area contributed by atoms with Crippen molar-refractivity contribution in [3.8, 4) is 23.0 Å². The number of hydrogen-bond donors (Lipinski definition) is 4. The highest BCUT2D eigenvalue weighted by Gasteiger charge is 2.23. The molecule has 0 unspecified atom stereocenters. The SMILES string of the molecule is O=[PH](OC(c1ccc(O)cc1)c1ccc(O)cc1)OC(c1ccc(O)cc1)c1ccc(O)cc1. The van der Waals surface area contributed by atoms with Gasteiger partial charge in [-0.05, 0) is 70.8 Å². The lowest BCUT2D eigenvalue weighted by molar-refractivity contribution is 0.163. The largest absolute Gasteiger partial charge is 0.508 e. The van der Waals surface area contributed by atoms with Crippen LogP contribution in [0, 0.1) is 0 Å². The Labute approximate surface area is 197 Å². The smallest absolute Gasteiger partial charge is 0.320 e. The van der Waals surface area contributed by atoms with E-state index in [9.17, 15) is 25.0 Å². The van der Waals surface area contributed by atoms with Crippen LogP contribution < -0.4 is 0 Å². The summed E-state index contributed by atoms with van der Waals surface area (Å²) in [5.74, 6) is 0.322. The fourth-order valence-electron chi connectivity index (χ4n) is 3.47. The zero-order chi connectivity index (χ0) is 24.1. The van der Waals surface area contributed by atoms with E-state index in [-0.39, 0.29) is 23.0 Å². The molecule has 0 bridgehead atoms. The number of phenolic OH excluding ortho intramolecular Hbond substituents is 4. The molecule has 0 fully saturated rings. The summed E-state index contributed by atoms with van der Waals surface area (Å²) in [6.07, 6.45) is -1.57. The molecule has 4 aromatic carbocycles. The maximum absolute atomic E-state index is 13.2. The molecule has 0 aliphatic rings. The lowest BCUT2D eigenvalue weighted by Gasteiger charge is -2.22. The first kappa shape index (κ1) is 23.4. The highest BCUT2D eigenvalue weighted by atomic mass is 31.1. The molecule has 8 heteroatoms. The van der Waals surface area contributed by atoms with E-state index in [2.05, 4.69) is 0 Å². The zero-order valence-corrected chi connectivity index (χ0v) is 18.9. The highest BCUT2D eigenvalue weighted by Crippen LogP contribution is 2.43. The van der Waals surface area contributed by atoms with E-state index in [1.165, 1.54) is 48.5 Å². The van der Waals surface area contributed by atoms with Gasteiger partial charge in [0, 0.05) is 0 Å². The fourth-order valence-corrected chi connectivity index (χ4v) is 4.46. The first-order chi connectivity index (χ1) is 16.4. The molecule has 0 amide bonds. The lowest BCUT2D eigenvalue weighted by atomic mass is 10.0. The molecule has 0 atom stereocenters. The average Bonchev–Trinajstić information content (AvgIpc) is 2.84. The summed E-state index contributed by atoms with van der Waals surface area (Å²) in [6, 6.07) is 25.2. The van der Waals surface area contributed by atoms with Crippen molar-refractivity contribution in [2.24, 2.45) is 0 Å². The van der Waals surface area contributed by atoms with Crippen molar-refractivity contribution in [3.05, 3.63) is 119 Å². The molecule has 0 aliphatic carbocycles. The molecule has 0 aromatic heterocycles. The van der Waals surface area contributed by atoms with Gasteiger partial charge in [-0.1, -0.05) is 48.5 Å². The minimum absolute atomic E-state index is 0.0804. The van der Waals surface area contributed by atoms with Gasteiger partial charge < -0.3 is 20.4 Å².